The molecule has 1 aliphatic heterocycles. The summed E-state index contributed by atoms with van der Waals surface area (Å²) in [5.41, 5.74) is 1.19. The van der Waals surface area contributed by atoms with Gasteiger partial charge in [-0.2, -0.15) is 0 Å². The maximum atomic E-state index is 13.1. The molecule has 1 heterocycles. The summed E-state index contributed by atoms with van der Waals surface area (Å²) in [6.45, 7) is 8.81. The zero-order valence-electron chi connectivity index (χ0n) is 18.0. The van der Waals surface area contributed by atoms with Crippen LogP contribution in [0.2, 0.25) is 0 Å². The van der Waals surface area contributed by atoms with Crippen molar-refractivity contribution in [3.63, 3.8) is 0 Å². The fraction of sp³-hybridized carbons (Fsp3) is 0.524. The van der Waals surface area contributed by atoms with Gasteiger partial charge < -0.3 is 25.2 Å². The molecule has 0 unspecified atom stereocenters. The van der Waals surface area contributed by atoms with Crippen LogP contribution < -0.4 is 10.6 Å². The lowest BCUT2D eigenvalue weighted by Crippen LogP contribution is -2.38. The second kappa shape index (κ2) is 10.6. The van der Waals surface area contributed by atoms with E-state index in [-0.39, 0.29) is 29.7 Å². The number of anilines is 2. The zero-order chi connectivity index (χ0) is 22.3. The molecule has 0 bridgehead atoms. The van der Waals surface area contributed by atoms with Gasteiger partial charge in [0.1, 0.15) is 0 Å². The molecule has 9 nitrogen and oxygen atoms in total. The van der Waals surface area contributed by atoms with Gasteiger partial charge in [-0.15, -0.1) is 0 Å². The Morgan fingerprint density at radius 3 is 1.97 bits per heavy atom. The molecule has 1 saturated heterocycles. The first-order valence-corrected chi connectivity index (χ1v) is 10.1. The Kier molecular flexibility index (Phi) is 8.20. The van der Waals surface area contributed by atoms with E-state index in [1.807, 2.05) is 13.8 Å². The third kappa shape index (κ3) is 7.06. The van der Waals surface area contributed by atoms with Crippen LogP contribution >= 0.6 is 0 Å². The van der Waals surface area contributed by atoms with Crippen LogP contribution in [0.25, 0.3) is 0 Å². The highest BCUT2D eigenvalue weighted by atomic mass is 16.6. The molecular formula is C21H30N4O5. The number of amides is 4. The van der Waals surface area contributed by atoms with Gasteiger partial charge in [0, 0.05) is 57.0 Å². The summed E-state index contributed by atoms with van der Waals surface area (Å²) in [5.74, 6) is -0.531. The molecule has 30 heavy (non-hydrogen) atoms. The summed E-state index contributed by atoms with van der Waals surface area (Å²) < 4.78 is 5.29. The molecule has 1 fully saturated rings. The molecule has 0 spiro atoms. The van der Waals surface area contributed by atoms with Crippen molar-refractivity contribution in [2.24, 2.45) is 5.92 Å². The molecular weight excluding hydrogens is 388 g/mol. The van der Waals surface area contributed by atoms with Crippen LogP contribution in [0.3, 0.4) is 0 Å². The van der Waals surface area contributed by atoms with Gasteiger partial charge in [0.25, 0.3) is 5.91 Å². The second-order valence-corrected chi connectivity index (χ2v) is 7.76. The van der Waals surface area contributed by atoms with E-state index in [4.69, 9.17) is 4.74 Å². The maximum absolute atomic E-state index is 13.1. The van der Waals surface area contributed by atoms with Gasteiger partial charge in [-0.1, -0.05) is 13.8 Å². The highest BCUT2D eigenvalue weighted by Crippen LogP contribution is 2.21. The zero-order valence-corrected chi connectivity index (χ0v) is 18.0. The monoisotopic (exact) mass is 418 g/mol. The van der Waals surface area contributed by atoms with Crippen molar-refractivity contribution >= 4 is 35.2 Å². The van der Waals surface area contributed by atoms with Gasteiger partial charge >= 0.3 is 6.09 Å². The third-order valence-corrected chi connectivity index (χ3v) is 4.40. The van der Waals surface area contributed by atoms with Crippen LogP contribution in [0.15, 0.2) is 18.2 Å². The Morgan fingerprint density at radius 1 is 0.900 bits per heavy atom. The molecule has 1 aliphatic rings. The molecule has 2 N–H and O–H groups in total. The highest BCUT2D eigenvalue weighted by molar-refractivity contribution is 6.00. The molecule has 1 aromatic rings. The maximum Gasteiger partial charge on any atom is 0.409 e. The lowest BCUT2D eigenvalue weighted by atomic mass is 10.1. The molecule has 1 aromatic carbocycles. The van der Waals surface area contributed by atoms with Crippen LogP contribution in [0.5, 0.6) is 0 Å². The quantitative estimate of drug-likeness (QED) is 0.764. The molecule has 0 radical (unpaired) electrons. The average Bonchev–Trinajstić information content (AvgIpc) is 2.90. The standard InChI is InChI=1S/C21H30N4O5/c1-14(2)13-30-21(29)25-7-5-6-24(8-9-25)20(28)17-10-18(22-15(3)26)12-19(11-17)23-16(4)27/h10-12,14H,5-9,13H2,1-4H3,(H,22,26)(H,23,27). The van der Waals surface area contributed by atoms with Gasteiger partial charge in [0.2, 0.25) is 11.8 Å². The van der Waals surface area contributed by atoms with E-state index >= 15 is 0 Å². The minimum absolute atomic E-state index is 0.230. The molecule has 0 saturated carbocycles. The number of carbonyl (C=O) groups excluding carboxylic acids is 4. The van der Waals surface area contributed by atoms with E-state index in [0.717, 1.165) is 0 Å². The van der Waals surface area contributed by atoms with Gasteiger partial charge in [0.05, 0.1) is 6.61 Å². The van der Waals surface area contributed by atoms with Crippen LogP contribution in [-0.4, -0.2) is 66.4 Å². The first-order valence-electron chi connectivity index (χ1n) is 10.1. The predicted octanol–water partition coefficient (Wildman–Crippen LogP) is 2.54. The molecule has 164 valence electrons. The number of carbonyl (C=O) groups is 4. The predicted molar refractivity (Wildman–Crippen MR) is 113 cm³/mol. The number of hydrogen-bond donors (Lipinski definition) is 2. The van der Waals surface area contributed by atoms with Crippen molar-refractivity contribution in [1.82, 2.24) is 9.80 Å². The second-order valence-electron chi connectivity index (χ2n) is 7.76. The number of ether oxygens (including phenoxy) is 1. The molecule has 0 atom stereocenters. The van der Waals surface area contributed by atoms with Gasteiger partial charge in [-0.3, -0.25) is 14.4 Å². The third-order valence-electron chi connectivity index (χ3n) is 4.40. The smallest absolute Gasteiger partial charge is 0.409 e. The van der Waals surface area contributed by atoms with Gasteiger partial charge in [-0.25, -0.2) is 4.79 Å². The van der Waals surface area contributed by atoms with E-state index in [2.05, 4.69) is 10.6 Å². The minimum Gasteiger partial charge on any atom is -0.449 e. The largest absolute Gasteiger partial charge is 0.449 e. The molecule has 4 amide bonds. The molecule has 0 aliphatic carbocycles. The SMILES string of the molecule is CC(=O)Nc1cc(NC(C)=O)cc(C(=O)N2CCCN(C(=O)OCC(C)C)CC2)c1. The van der Waals surface area contributed by atoms with E-state index in [0.29, 0.717) is 56.1 Å². The summed E-state index contributed by atoms with van der Waals surface area (Å²) in [6.07, 6.45) is 0.269. The Morgan fingerprint density at radius 2 is 1.43 bits per heavy atom. The van der Waals surface area contributed by atoms with Crippen molar-refractivity contribution in [2.75, 3.05) is 43.4 Å². The normalized spacial score (nSPS) is 14.2. The minimum atomic E-state index is -0.362. The van der Waals surface area contributed by atoms with Crippen molar-refractivity contribution < 1.29 is 23.9 Å². The number of nitrogens with zero attached hydrogens (tertiary/aromatic N) is 2. The molecule has 0 aromatic heterocycles. The van der Waals surface area contributed by atoms with E-state index in [1.54, 1.807) is 28.0 Å². The number of nitrogens with one attached hydrogen (secondary N) is 2. The van der Waals surface area contributed by atoms with Crippen molar-refractivity contribution in [1.29, 1.82) is 0 Å². The Labute approximate surface area is 176 Å². The van der Waals surface area contributed by atoms with Crippen molar-refractivity contribution in [3.8, 4) is 0 Å². The van der Waals surface area contributed by atoms with Crippen LogP contribution in [0.1, 0.15) is 44.5 Å². The van der Waals surface area contributed by atoms with E-state index in [9.17, 15) is 19.2 Å². The topological polar surface area (TPSA) is 108 Å². The lowest BCUT2D eigenvalue weighted by molar-refractivity contribution is -0.115. The number of benzene rings is 1. The first kappa shape index (κ1) is 23.2. The Hall–Kier alpha value is -3.10. The average molecular weight is 418 g/mol. The van der Waals surface area contributed by atoms with E-state index < -0.39 is 0 Å². The fourth-order valence-corrected chi connectivity index (χ4v) is 3.12. The van der Waals surface area contributed by atoms with Crippen molar-refractivity contribution in [3.05, 3.63) is 23.8 Å². The first-order chi connectivity index (χ1) is 14.2. The molecule has 9 heteroatoms. The van der Waals surface area contributed by atoms with Crippen LogP contribution in [0, 0.1) is 5.92 Å². The Balaban J connectivity index is 2.12. The Bertz CT molecular complexity index is 774. The van der Waals surface area contributed by atoms with Crippen LogP contribution in [0.4, 0.5) is 16.2 Å². The summed E-state index contributed by atoms with van der Waals surface area (Å²) in [6, 6.07) is 4.75. The fourth-order valence-electron chi connectivity index (χ4n) is 3.12. The summed E-state index contributed by atoms with van der Waals surface area (Å²) in [7, 11) is 0. The van der Waals surface area contributed by atoms with E-state index in [1.165, 1.54) is 13.8 Å². The van der Waals surface area contributed by atoms with Crippen LogP contribution in [-0.2, 0) is 14.3 Å². The summed E-state index contributed by atoms with van der Waals surface area (Å²) in [4.78, 5) is 51.4. The number of rotatable bonds is 5. The molecule has 2 rings (SSSR count). The highest BCUT2D eigenvalue weighted by Gasteiger charge is 2.24. The lowest BCUT2D eigenvalue weighted by Gasteiger charge is -2.22. The van der Waals surface area contributed by atoms with Gasteiger partial charge in [-0.05, 0) is 30.5 Å². The number of hydrogen-bond acceptors (Lipinski definition) is 5. The summed E-state index contributed by atoms with van der Waals surface area (Å²) in [5, 5.41) is 5.29. The van der Waals surface area contributed by atoms with Gasteiger partial charge in [0.15, 0.2) is 0 Å². The van der Waals surface area contributed by atoms with Crippen molar-refractivity contribution in [2.45, 2.75) is 34.1 Å². The summed E-state index contributed by atoms with van der Waals surface area (Å²) >= 11 is 0.